The molecular weight excluding hydrogens is 284 g/mol. The van der Waals surface area contributed by atoms with Crippen LogP contribution in [0.5, 0.6) is 0 Å². The first kappa shape index (κ1) is 12.5. The molecule has 1 aromatic rings. The number of hydrogen-bond acceptors (Lipinski definition) is 4. The van der Waals surface area contributed by atoms with Gasteiger partial charge >= 0.3 is 0 Å². The molecule has 3 aliphatic rings. The number of benzene rings is 1. The fraction of sp³-hybridized carbons (Fsp3) is 0.571. The second kappa shape index (κ2) is 4.64. The fourth-order valence-electron chi connectivity index (χ4n) is 3.17. The molecule has 3 saturated heterocycles. The first-order valence-corrected chi connectivity index (χ1v) is 7.89. The van der Waals surface area contributed by atoms with Gasteiger partial charge in [0.15, 0.2) is 5.79 Å². The van der Waals surface area contributed by atoms with E-state index in [-0.39, 0.29) is 22.8 Å². The lowest BCUT2D eigenvalue weighted by Crippen LogP contribution is -2.50. The summed E-state index contributed by atoms with van der Waals surface area (Å²) in [5.41, 5.74) is 0. The van der Waals surface area contributed by atoms with Gasteiger partial charge in [-0.25, -0.2) is 0 Å². The van der Waals surface area contributed by atoms with E-state index in [4.69, 9.17) is 25.8 Å². The van der Waals surface area contributed by atoms with Gasteiger partial charge in [-0.05, 0) is 12.1 Å². The van der Waals surface area contributed by atoms with Gasteiger partial charge in [0, 0.05) is 11.3 Å². The molecular formula is C14H15ClO3S. The molecule has 0 N–H and O–H groups in total. The highest BCUT2D eigenvalue weighted by Crippen LogP contribution is 2.53. The van der Waals surface area contributed by atoms with Crippen LogP contribution in [0.15, 0.2) is 35.2 Å². The van der Waals surface area contributed by atoms with Crippen LogP contribution in [-0.4, -0.2) is 41.8 Å². The highest BCUT2D eigenvalue weighted by molar-refractivity contribution is 8.00. The van der Waals surface area contributed by atoms with Crippen molar-refractivity contribution in [2.45, 2.75) is 39.9 Å². The Morgan fingerprint density at radius 1 is 1.16 bits per heavy atom. The van der Waals surface area contributed by atoms with Crippen molar-refractivity contribution in [1.29, 1.82) is 0 Å². The van der Waals surface area contributed by atoms with E-state index in [9.17, 15) is 0 Å². The van der Waals surface area contributed by atoms with Crippen molar-refractivity contribution in [3.63, 3.8) is 0 Å². The van der Waals surface area contributed by atoms with Crippen molar-refractivity contribution in [3.8, 4) is 0 Å². The molecule has 4 rings (SSSR count). The molecule has 0 saturated carbocycles. The molecule has 102 valence electrons. The second-order valence-corrected chi connectivity index (χ2v) is 6.90. The molecule has 4 atom stereocenters. The van der Waals surface area contributed by atoms with E-state index < -0.39 is 5.79 Å². The molecule has 3 aliphatic heterocycles. The molecule has 3 fully saturated rings. The molecule has 3 nitrogen and oxygen atoms in total. The van der Waals surface area contributed by atoms with Gasteiger partial charge in [-0.3, -0.25) is 0 Å². The topological polar surface area (TPSA) is 27.7 Å². The normalized spacial score (nSPS) is 39.2. The lowest BCUT2D eigenvalue weighted by molar-refractivity contribution is -0.186. The smallest absolute Gasteiger partial charge is 0.198 e. The van der Waals surface area contributed by atoms with Crippen LogP contribution in [0.4, 0.5) is 0 Å². The van der Waals surface area contributed by atoms with E-state index in [2.05, 4.69) is 12.1 Å². The van der Waals surface area contributed by atoms with Crippen LogP contribution >= 0.6 is 23.4 Å². The molecule has 3 heterocycles. The van der Waals surface area contributed by atoms with Gasteiger partial charge in [0.1, 0.15) is 6.10 Å². The van der Waals surface area contributed by atoms with Crippen LogP contribution in [0.2, 0.25) is 0 Å². The third-order valence-corrected chi connectivity index (χ3v) is 6.06. The maximum Gasteiger partial charge on any atom is 0.198 e. The van der Waals surface area contributed by atoms with Gasteiger partial charge in [-0.2, -0.15) is 0 Å². The number of alkyl halides is 1. The third kappa shape index (κ3) is 1.93. The van der Waals surface area contributed by atoms with Crippen LogP contribution in [0.25, 0.3) is 0 Å². The molecule has 0 unspecified atom stereocenters. The van der Waals surface area contributed by atoms with E-state index in [1.54, 1.807) is 11.8 Å². The summed E-state index contributed by atoms with van der Waals surface area (Å²) in [5, 5.41) is 0.203. The molecule has 0 aliphatic carbocycles. The number of hydrogen-bond donors (Lipinski definition) is 0. The number of fused-ring (bicyclic) bond motifs is 3. The predicted molar refractivity (Wildman–Crippen MR) is 73.6 cm³/mol. The Morgan fingerprint density at radius 2 is 1.89 bits per heavy atom. The Labute approximate surface area is 121 Å². The zero-order chi connectivity index (χ0) is 12.9. The van der Waals surface area contributed by atoms with Gasteiger partial charge < -0.3 is 14.2 Å². The maximum absolute atomic E-state index is 6.59. The van der Waals surface area contributed by atoms with Gasteiger partial charge in [0.25, 0.3) is 0 Å². The van der Waals surface area contributed by atoms with E-state index >= 15 is 0 Å². The Morgan fingerprint density at radius 3 is 2.58 bits per heavy atom. The summed E-state index contributed by atoms with van der Waals surface area (Å²) < 4.78 is 17.5. The van der Waals surface area contributed by atoms with E-state index in [0.717, 1.165) is 6.42 Å². The molecule has 1 aromatic carbocycles. The maximum atomic E-state index is 6.59. The summed E-state index contributed by atoms with van der Waals surface area (Å²) in [5.74, 6) is -0.565. The number of thioether (sulfide) groups is 1. The average molecular weight is 299 g/mol. The molecule has 0 radical (unpaired) electrons. The summed E-state index contributed by atoms with van der Waals surface area (Å²) in [7, 11) is 0. The summed E-state index contributed by atoms with van der Waals surface area (Å²) in [4.78, 5) is 1.23. The fourth-order valence-corrected chi connectivity index (χ4v) is 4.96. The monoisotopic (exact) mass is 298 g/mol. The van der Waals surface area contributed by atoms with Crippen LogP contribution < -0.4 is 0 Å². The molecule has 1 spiro atoms. The number of rotatable bonds is 2. The molecule has 0 aromatic heterocycles. The van der Waals surface area contributed by atoms with Crippen molar-refractivity contribution >= 4 is 23.4 Å². The minimum Gasteiger partial charge on any atom is -0.366 e. The Balaban J connectivity index is 1.52. The summed E-state index contributed by atoms with van der Waals surface area (Å²) in [6.07, 6.45) is 0.782. The van der Waals surface area contributed by atoms with Crippen LogP contribution in [0.3, 0.4) is 0 Å². The molecule has 19 heavy (non-hydrogen) atoms. The van der Waals surface area contributed by atoms with Crippen molar-refractivity contribution in [3.05, 3.63) is 30.3 Å². The zero-order valence-electron chi connectivity index (χ0n) is 10.3. The van der Waals surface area contributed by atoms with Crippen LogP contribution in [0.1, 0.15) is 6.42 Å². The minimum atomic E-state index is -0.565. The van der Waals surface area contributed by atoms with E-state index in [0.29, 0.717) is 13.2 Å². The van der Waals surface area contributed by atoms with Gasteiger partial charge in [0.2, 0.25) is 0 Å². The zero-order valence-corrected chi connectivity index (χ0v) is 11.9. The average Bonchev–Trinajstić information content (AvgIpc) is 3.11. The number of ether oxygens (including phenoxy) is 3. The molecule has 5 heteroatoms. The summed E-state index contributed by atoms with van der Waals surface area (Å²) in [6.45, 7) is 1.29. The van der Waals surface area contributed by atoms with Crippen molar-refractivity contribution in [2.24, 2.45) is 0 Å². The largest absolute Gasteiger partial charge is 0.366 e. The van der Waals surface area contributed by atoms with Crippen LogP contribution in [0, 0.1) is 0 Å². The van der Waals surface area contributed by atoms with E-state index in [1.165, 1.54) is 4.90 Å². The highest BCUT2D eigenvalue weighted by Gasteiger charge is 2.64. The molecule has 0 amide bonds. The first-order chi connectivity index (χ1) is 9.28. The quantitative estimate of drug-likeness (QED) is 0.785. The van der Waals surface area contributed by atoms with Crippen LogP contribution in [-0.2, 0) is 14.2 Å². The SMILES string of the molecule is Cl[C@@H]1[C@@H](Sc2ccccc2)[C@@H]2CC3(OCCO3)[C@H]1O2. The predicted octanol–water partition coefficient (Wildman–Crippen LogP) is 2.67. The summed E-state index contributed by atoms with van der Waals surface area (Å²) in [6, 6.07) is 10.3. The standard InChI is InChI=1S/C14H15ClO3S/c15-11-12(19-9-4-2-1-3-5-9)10-8-14(13(11)18-10)16-6-7-17-14/h1-5,10-13H,6-8H2/t10-,11+,12-,13-/m0/s1. The Bertz CT molecular complexity index is 461. The first-order valence-electron chi connectivity index (χ1n) is 6.58. The number of halogens is 1. The third-order valence-electron chi connectivity index (χ3n) is 4.00. The van der Waals surface area contributed by atoms with Crippen molar-refractivity contribution < 1.29 is 14.2 Å². The van der Waals surface area contributed by atoms with Gasteiger partial charge in [-0.15, -0.1) is 23.4 Å². The second-order valence-electron chi connectivity index (χ2n) is 5.15. The van der Waals surface area contributed by atoms with Crippen molar-refractivity contribution in [1.82, 2.24) is 0 Å². The molecule has 2 bridgehead atoms. The lowest BCUT2D eigenvalue weighted by atomic mass is 9.93. The van der Waals surface area contributed by atoms with E-state index in [1.807, 2.05) is 18.2 Å². The Hall–Kier alpha value is -0.260. The minimum absolute atomic E-state index is 0.0675. The summed E-state index contributed by atoms with van der Waals surface area (Å²) >= 11 is 8.38. The van der Waals surface area contributed by atoms with Crippen molar-refractivity contribution in [2.75, 3.05) is 13.2 Å². The Kier molecular flexibility index (Phi) is 3.05. The lowest BCUT2D eigenvalue weighted by Gasteiger charge is -2.34. The van der Waals surface area contributed by atoms with Gasteiger partial charge in [-0.1, -0.05) is 18.2 Å². The van der Waals surface area contributed by atoms with Gasteiger partial charge in [0.05, 0.1) is 29.9 Å². The highest BCUT2D eigenvalue weighted by atomic mass is 35.5.